The van der Waals surface area contributed by atoms with Gasteiger partial charge in [0.15, 0.2) is 11.6 Å². The minimum Gasteiger partial charge on any atom is -0.368 e. The first-order chi connectivity index (χ1) is 10.1. The standard InChI is InChI=1S/C16H20F2N2O/c17-14-5-4-13(11-15(14)18)19-7-9-20(10-8-19)16(21)6-3-12-1-2-12/h4-5,11-12H,1-3,6-10H2. The van der Waals surface area contributed by atoms with Gasteiger partial charge in [0.2, 0.25) is 5.91 Å². The van der Waals surface area contributed by atoms with E-state index in [0.717, 1.165) is 18.4 Å². The minimum absolute atomic E-state index is 0.229. The zero-order chi connectivity index (χ0) is 14.8. The van der Waals surface area contributed by atoms with Crippen molar-refractivity contribution in [3.63, 3.8) is 0 Å². The molecule has 21 heavy (non-hydrogen) atoms. The molecule has 1 aromatic rings. The molecule has 1 aromatic carbocycles. The van der Waals surface area contributed by atoms with E-state index in [1.54, 1.807) is 6.07 Å². The van der Waals surface area contributed by atoms with Crippen molar-refractivity contribution >= 4 is 11.6 Å². The average molecular weight is 294 g/mol. The highest BCUT2D eigenvalue weighted by molar-refractivity contribution is 5.76. The Morgan fingerprint density at radius 2 is 1.81 bits per heavy atom. The Hall–Kier alpha value is -1.65. The lowest BCUT2D eigenvalue weighted by atomic mass is 10.2. The second kappa shape index (κ2) is 6.00. The van der Waals surface area contributed by atoms with Crippen molar-refractivity contribution in [3.8, 4) is 0 Å². The van der Waals surface area contributed by atoms with Crippen molar-refractivity contribution in [1.82, 2.24) is 4.90 Å². The maximum Gasteiger partial charge on any atom is 0.222 e. The van der Waals surface area contributed by atoms with Crippen LogP contribution >= 0.6 is 0 Å². The maximum absolute atomic E-state index is 13.3. The van der Waals surface area contributed by atoms with Crippen molar-refractivity contribution < 1.29 is 13.6 Å². The molecule has 0 bridgehead atoms. The summed E-state index contributed by atoms with van der Waals surface area (Å²) in [6, 6.07) is 3.96. The predicted octanol–water partition coefficient (Wildman–Crippen LogP) is 2.80. The molecule has 1 amide bonds. The van der Waals surface area contributed by atoms with Gasteiger partial charge >= 0.3 is 0 Å². The summed E-state index contributed by atoms with van der Waals surface area (Å²) in [5, 5.41) is 0. The smallest absolute Gasteiger partial charge is 0.222 e. The highest BCUT2D eigenvalue weighted by Gasteiger charge is 2.25. The fourth-order valence-corrected chi connectivity index (χ4v) is 2.79. The van der Waals surface area contributed by atoms with Gasteiger partial charge in [-0.3, -0.25) is 4.79 Å². The van der Waals surface area contributed by atoms with E-state index in [4.69, 9.17) is 0 Å². The number of carbonyl (C=O) groups excluding carboxylic acids is 1. The molecule has 114 valence electrons. The maximum atomic E-state index is 13.3. The largest absolute Gasteiger partial charge is 0.368 e. The van der Waals surface area contributed by atoms with Gasteiger partial charge in [0, 0.05) is 44.4 Å². The summed E-state index contributed by atoms with van der Waals surface area (Å²) in [5.74, 6) is -0.646. The van der Waals surface area contributed by atoms with Crippen molar-refractivity contribution in [3.05, 3.63) is 29.8 Å². The van der Waals surface area contributed by atoms with Crippen molar-refractivity contribution in [1.29, 1.82) is 0 Å². The summed E-state index contributed by atoms with van der Waals surface area (Å²) in [5.41, 5.74) is 0.680. The molecule has 5 heteroatoms. The molecule has 2 aliphatic rings. The summed E-state index contributed by atoms with van der Waals surface area (Å²) >= 11 is 0. The topological polar surface area (TPSA) is 23.6 Å². The van der Waals surface area contributed by atoms with Gasteiger partial charge in [-0.15, -0.1) is 0 Å². The van der Waals surface area contributed by atoms with E-state index in [-0.39, 0.29) is 5.91 Å². The molecule has 0 radical (unpaired) electrons. The van der Waals surface area contributed by atoms with Crippen molar-refractivity contribution in [2.75, 3.05) is 31.1 Å². The van der Waals surface area contributed by atoms with Crippen LogP contribution in [0.15, 0.2) is 18.2 Å². The Balaban J connectivity index is 1.51. The van der Waals surface area contributed by atoms with Crippen molar-refractivity contribution in [2.45, 2.75) is 25.7 Å². The quantitative estimate of drug-likeness (QED) is 0.852. The van der Waals surface area contributed by atoms with Crippen LogP contribution in [0.3, 0.4) is 0 Å². The van der Waals surface area contributed by atoms with Crippen LogP contribution < -0.4 is 4.90 Å². The molecule has 0 aromatic heterocycles. The van der Waals surface area contributed by atoms with Gasteiger partial charge in [0.05, 0.1) is 0 Å². The molecule has 0 unspecified atom stereocenters. The molecule has 0 spiro atoms. The molecular formula is C16H20F2N2O. The van der Waals surface area contributed by atoms with Gasteiger partial charge in [-0.2, -0.15) is 0 Å². The highest BCUT2D eigenvalue weighted by Crippen LogP contribution is 2.33. The summed E-state index contributed by atoms with van der Waals surface area (Å²) in [6.45, 7) is 2.64. The Morgan fingerprint density at radius 3 is 2.43 bits per heavy atom. The number of hydrogen-bond donors (Lipinski definition) is 0. The zero-order valence-corrected chi connectivity index (χ0v) is 12.0. The van der Waals surface area contributed by atoms with Gasteiger partial charge in [0.25, 0.3) is 0 Å². The summed E-state index contributed by atoms with van der Waals surface area (Å²) < 4.78 is 26.2. The van der Waals surface area contributed by atoms with E-state index in [1.165, 1.54) is 18.9 Å². The van der Waals surface area contributed by atoms with Crippen LogP contribution in [0.4, 0.5) is 14.5 Å². The van der Waals surface area contributed by atoms with Gasteiger partial charge in [0.1, 0.15) is 0 Å². The molecule has 2 fully saturated rings. The molecule has 3 rings (SSSR count). The first-order valence-electron chi connectivity index (χ1n) is 7.61. The van der Waals surface area contributed by atoms with E-state index in [0.29, 0.717) is 38.3 Å². The Kier molecular flexibility index (Phi) is 4.08. The van der Waals surface area contributed by atoms with Crippen LogP contribution in [0, 0.1) is 17.6 Å². The number of nitrogens with zero attached hydrogens (tertiary/aromatic N) is 2. The van der Waals surface area contributed by atoms with E-state index in [9.17, 15) is 13.6 Å². The highest BCUT2D eigenvalue weighted by atomic mass is 19.2. The predicted molar refractivity (Wildman–Crippen MR) is 77.1 cm³/mol. The number of piperazine rings is 1. The lowest BCUT2D eigenvalue weighted by Gasteiger charge is -2.36. The lowest BCUT2D eigenvalue weighted by Crippen LogP contribution is -2.48. The van der Waals surface area contributed by atoms with E-state index in [1.807, 2.05) is 9.80 Å². The number of halogens is 2. The second-order valence-electron chi connectivity index (χ2n) is 5.95. The number of hydrogen-bond acceptors (Lipinski definition) is 2. The third-order valence-corrected chi connectivity index (χ3v) is 4.36. The Bertz CT molecular complexity index is 523. The lowest BCUT2D eigenvalue weighted by molar-refractivity contribution is -0.131. The summed E-state index contributed by atoms with van der Waals surface area (Å²) in [6.07, 6.45) is 4.21. The average Bonchev–Trinajstić information content (AvgIpc) is 3.32. The van der Waals surface area contributed by atoms with E-state index >= 15 is 0 Å². The Labute approximate surface area is 123 Å². The van der Waals surface area contributed by atoms with Crippen LogP contribution in [0.2, 0.25) is 0 Å². The van der Waals surface area contributed by atoms with Gasteiger partial charge in [-0.1, -0.05) is 12.8 Å². The summed E-state index contributed by atoms with van der Waals surface area (Å²) in [4.78, 5) is 16.0. The monoisotopic (exact) mass is 294 g/mol. The second-order valence-corrected chi connectivity index (χ2v) is 5.95. The van der Waals surface area contributed by atoms with Gasteiger partial charge < -0.3 is 9.80 Å². The molecule has 1 aliphatic heterocycles. The van der Waals surface area contributed by atoms with E-state index in [2.05, 4.69) is 0 Å². The summed E-state index contributed by atoms with van der Waals surface area (Å²) in [7, 11) is 0. The number of anilines is 1. The molecule has 1 saturated carbocycles. The normalized spacial score (nSPS) is 19.0. The molecular weight excluding hydrogens is 274 g/mol. The molecule has 3 nitrogen and oxygen atoms in total. The fraction of sp³-hybridized carbons (Fsp3) is 0.562. The molecule has 0 atom stereocenters. The first kappa shape index (κ1) is 14.3. The van der Waals surface area contributed by atoms with Crippen molar-refractivity contribution in [2.24, 2.45) is 5.92 Å². The molecule has 1 saturated heterocycles. The van der Waals surface area contributed by atoms with Gasteiger partial charge in [-0.05, 0) is 24.5 Å². The molecule has 0 N–H and O–H groups in total. The number of amides is 1. The van der Waals surface area contributed by atoms with Crippen LogP contribution in [-0.2, 0) is 4.79 Å². The van der Waals surface area contributed by atoms with Crippen LogP contribution in [-0.4, -0.2) is 37.0 Å². The number of rotatable bonds is 4. The molecule has 1 heterocycles. The Morgan fingerprint density at radius 1 is 1.10 bits per heavy atom. The minimum atomic E-state index is -0.826. The van der Waals surface area contributed by atoms with Crippen LogP contribution in [0.5, 0.6) is 0 Å². The third kappa shape index (κ3) is 3.52. The van der Waals surface area contributed by atoms with E-state index < -0.39 is 11.6 Å². The third-order valence-electron chi connectivity index (χ3n) is 4.36. The number of benzene rings is 1. The zero-order valence-electron chi connectivity index (χ0n) is 12.0. The number of carbonyl (C=O) groups is 1. The van der Waals surface area contributed by atoms with Crippen LogP contribution in [0.1, 0.15) is 25.7 Å². The van der Waals surface area contributed by atoms with Crippen LogP contribution in [0.25, 0.3) is 0 Å². The molecule has 1 aliphatic carbocycles. The fourth-order valence-electron chi connectivity index (χ4n) is 2.79. The SMILES string of the molecule is O=C(CCC1CC1)N1CCN(c2ccc(F)c(F)c2)CC1. The van der Waals surface area contributed by atoms with Gasteiger partial charge in [-0.25, -0.2) is 8.78 Å². The first-order valence-corrected chi connectivity index (χ1v) is 7.61.